The third kappa shape index (κ3) is 3.01. The van der Waals surface area contributed by atoms with Gasteiger partial charge >= 0.3 is 0 Å². The van der Waals surface area contributed by atoms with Gasteiger partial charge in [0.05, 0.1) is 21.8 Å². The Morgan fingerprint density at radius 2 is 2.24 bits per heavy atom. The molecule has 90 valence electrons. The number of hydrogen-bond donors (Lipinski definition) is 1. The monoisotopic (exact) mass is 249 g/mol. The van der Waals surface area contributed by atoms with Gasteiger partial charge in [-0.05, 0) is 39.2 Å². The van der Waals surface area contributed by atoms with Crippen molar-refractivity contribution < 1.29 is 4.79 Å². The number of aryl methyl sites for hydroxylation is 1. The molecule has 0 saturated heterocycles. The lowest BCUT2D eigenvalue weighted by atomic mass is 10.3. The van der Waals surface area contributed by atoms with E-state index < -0.39 is 0 Å². The van der Waals surface area contributed by atoms with Crippen LogP contribution in [0.4, 0.5) is 5.69 Å². The molecule has 2 rings (SSSR count). The van der Waals surface area contributed by atoms with Gasteiger partial charge < -0.3 is 10.2 Å². The highest BCUT2D eigenvalue weighted by molar-refractivity contribution is 7.18. The zero-order valence-electron chi connectivity index (χ0n) is 10.2. The first-order valence-corrected chi connectivity index (χ1v) is 6.18. The van der Waals surface area contributed by atoms with Crippen LogP contribution in [0.25, 0.3) is 10.2 Å². The number of likely N-dealkylation sites (N-methyl/N-ethyl adjacent to an activating group) is 1. The molecule has 0 spiro atoms. The van der Waals surface area contributed by atoms with Crippen molar-refractivity contribution in [2.75, 3.05) is 26.0 Å². The van der Waals surface area contributed by atoms with Gasteiger partial charge in [-0.1, -0.05) is 0 Å². The van der Waals surface area contributed by atoms with Gasteiger partial charge in [-0.15, -0.1) is 11.3 Å². The zero-order valence-corrected chi connectivity index (χ0v) is 11.0. The summed E-state index contributed by atoms with van der Waals surface area (Å²) in [6, 6.07) is 5.78. The van der Waals surface area contributed by atoms with Crippen LogP contribution in [0, 0.1) is 6.92 Å². The van der Waals surface area contributed by atoms with Crippen LogP contribution < -0.4 is 5.32 Å². The number of amides is 1. The molecule has 5 heteroatoms. The van der Waals surface area contributed by atoms with Gasteiger partial charge in [-0.25, -0.2) is 4.98 Å². The highest BCUT2D eigenvalue weighted by Gasteiger charge is 2.05. The fourth-order valence-electron chi connectivity index (χ4n) is 1.61. The van der Waals surface area contributed by atoms with Crippen LogP contribution in [0.5, 0.6) is 0 Å². The number of rotatable bonds is 3. The molecule has 0 bridgehead atoms. The second kappa shape index (κ2) is 4.81. The first-order valence-electron chi connectivity index (χ1n) is 5.36. The molecule has 17 heavy (non-hydrogen) atoms. The minimum atomic E-state index is -0.00409. The largest absolute Gasteiger partial charge is 0.325 e. The maximum atomic E-state index is 11.6. The van der Waals surface area contributed by atoms with Gasteiger partial charge in [-0.3, -0.25) is 4.79 Å². The van der Waals surface area contributed by atoms with Crippen LogP contribution in [0.3, 0.4) is 0 Å². The molecular formula is C12H15N3OS. The zero-order chi connectivity index (χ0) is 12.4. The molecule has 0 aliphatic heterocycles. The Kier molecular flexibility index (Phi) is 3.40. The Labute approximate surface area is 104 Å². The van der Waals surface area contributed by atoms with Crippen LogP contribution in [-0.4, -0.2) is 36.4 Å². The molecule has 0 fully saturated rings. The number of aromatic nitrogens is 1. The normalized spacial score (nSPS) is 11.1. The molecule has 0 atom stereocenters. The maximum absolute atomic E-state index is 11.6. The lowest BCUT2D eigenvalue weighted by Crippen LogP contribution is -2.26. The fraction of sp³-hybridized carbons (Fsp3) is 0.333. The summed E-state index contributed by atoms with van der Waals surface area (Å²) >= 11 is 1.63. The Balaban J connectivity index is 2.16. The van der Waals surface area contributed by atoms with E-state index in [1.54, 1.807) is 11.3 Å². The number of benzene rings is 1. The van der Waals surface area contributed by atoms with Crippen molar-refractivity contribution in [1.82, 2.24) is 9.88 Å². The Morgan fingerprint density at radius 1 is 1.47 bits per heavy atom. The van der Waals surface area contributed by atoms with Gasteiger partial charge in [0.1, 0.15) is 0 Å². The summed E-state index contributed by atoms with van der Waals surface area (Å²) in [6.07, 6.45) is 0. The van der Waals surface area contributed by atoms with Crippen LogP contribution in [0.1, 0.15) is 5.01 Å². The van der Waals surface area contributed by atoms with Crippen molar-refractivity contribution in [3.8, 4) is 0 Å². The third-order valence-electron chi connectivity index (χ3n) is 2.24. The number of carbonyl (C=O) groups excluding carboxylic acids is 1. The van der Waals surface area contributed by atoms with E-state index >= 15 is 0 Å². The quantitative estimate of drug-likeness (QED) is 0.906. The third-order valence-corrected chi connectivity index (χ3v) is 3.17. The number of nitrogens with zero attached hydrogens (tertiary/aromatic N) is 2. The summed E-state index contributed by atoms with van der Waals surface area (Å²) in [7, 11) is 3.74. The van der Waals surface area contributed by atoms with E-state index in [0.717, 1.165) is 20.9 Å². The first kappa shape index (κ1) is 12.0. The van der Waals surface area contributed by atoms with Gasteiger partial charge in [-0.2, -0.15) is 0 Å². The van der Waals surface area contributed by atoms with Crippen molar-refractivity contribution in [3.05, 3.63) is 23.2 Å². The van der Waals surface area contributed by atoms with E-state index in [2.05, 4.69) is 10.3 Å². The van der Waals surface area contributed by atoms with E-state index in [1.807, 2.05) is 44.1 Å². The molecule has 0 unspecified atom stereocenters. The van der Waals surface area contributed by atoms with Crippen LogP contribution in [-0.2, 0) is 4.79 Å². The average molecular weight is 249 g/mol. The van der Waals surface area contributed by atoms with Crippen molar-refractivity contribution in [2.45, 2.75) is 6.92 Å². The summed E-state index contributed by atoms with van der Waals surface area (Å²) in [5.74, 6) is -0.00409. The highest BCUT2D eigenvalue weighted by Crippen LogP contribution is 2.24. The summed E-state index contributed by atoms with van der Waals surface area (Å²) in [4.78, 5) is 17.8. The van der Waals surface area contributed by atoms with Crippen molar-refractivity contribution in [2.24, 2.45) is 0 Å². The molecule has 4 nitrogen and oxygen atoms in total. The van der Waals surface area contributed by atoms with E-state index in [4.69, 9.17) is 0 Å². The number of nitrogens with one attached hydrogen (secondary N) is 1. The number of anilines is 1. The molecule has 0 aliphatic rings. The Morgan fingerprint density at radius 3 is 2.94 bits per heavy atom. The molecule has 0 radical (unpaired) electrons. The molecule has 0 aliphatic carbocycles. The molecule has 0 saturated carbocycles. The number of thiazole rings is 1. The lowest BCUT2D eigenvalue weighted by Gasteiger charge is -2.09. The molecule has 1 amide bonds. The summed E-state index contributed by atoms with van der Waals surface area (Å²) in [5.41, 5.74) is 1.81. The smallest absolute Gasteiger partial charge is 0.238 e. The molecule has 1 aromatic heterocycles. The fourth-order valence-corrected chi connectivity index (χ4v) is 2.47. The van der Waals surface area contributed by atoms with Gasteiger partial charge in [0.2, 0.25) is 5.91 Å². The van der Waals surface area contributed by atoms with Crippen molar-refractivity contribution in [3.63, 3.8) is 0 Å². The molecule has 1 heterocycles. The summed E-state index contributed by atoms with van der Waals surface area (Å²) < 4.78 is 1.10. The van der Waals surface area contributed by atoms with Crippen molar-refractivity contribution in [1.29, 1.82) is 0 Å². The second-order valence-corrected chi connectivity index (χ2v) is 5.44. The summed E-state index contributed by atoms with van der Waals surface area (Å²) in [6.45, 7) is 2.37. The SMILES string of the molecule is Cc1nc2ccc(NC(=O)CN(C)C)cc2s1. The molecule has 1 aromatic carbocycles. The van der Waals surface area contributed by atoms with Gasteiger partial charge in [0.15, 0.2) is 0 Å². The van der Waals surface area contributed by atoms with Crippen LogP contribution in [0.15, 0.2) is 18.2 Å². The predicted octanol–water partition coefficient (Wildman–Crippen LogP) is 2.10. The number of fused-ring (bicyclic) bond motifs is 1. The standard InChI is InChI=1S/C12H15N3OS/c1-8-13-10-5-4-9(6-11(10)17-8)14-12(16)7-15(2)3/h4-6H,7H2,1-3H3,(H,14,16). The summed E-state index contributed by atoms with van der Waals surface area (Å²) in [5, 5.41) is 3.91. The molecular weight excluding hydrogens is 234 g/mol. The Bertz CT molecular complexity index is 548. The average Bonchev–Trinajstić information content (AvgIpc) is 2.55. The molecule has 1 N–H and O–H groups in total. The topological polar surface area (TPSA) is 45.2 Å². The Hall–Kier alpha value is -1.46. The van der Waals surface area contributed by atoms with Crippen LogP contribution >= 0.6 is 11.3 Å². The highest BCUT2D eigenvalue weighted by atomic mass is 32.1. The first-order chi connectivity index (χ1) is 8.04. The van der Waals surface area contributed by atoms with Gasteiger partial charge in [0.25, 0.3) is 0 Å². The van der Waals surface area contributed by atoms with E-state index in [9.17, 15) is 4.79 Å². The number of hydrogen-bond acceptors (Lipinski definition) is 4. The lowest BCUT2D eigenvalue weighted by molar-refractivity contribution is -0.116. The van der Waals surface area contributed by atoms with E-state index in [0.29, 0.717) is 6.54 Å². The molecule has 2 aromatic rings. The second-order valence-electron chi connectivity index (χ2n) is 4.20. The predicted molar refractivity (Wildman–Crippen MR) is 71.5 cm³/mol. The van der Waals surface area contributed by atoms with Gasteiger partial charge in [0, 0.05) is 5.69 Å². The van der Waals surface area contributed by atoms with E-state index in [1.165, 1.54) is 0 Å². The minimum absolute atomic E-state index is 0.00409. The van der Waals surface area contributed by atoms with E-state index in [-0.39, 0.29) is 5.91 Å². The minimum Gasteiger partial charge on any atom is -0.325 e. The maximum Gasteiger partial charge on any atom is 0.238 e. The van der Waals surface area contributed by atoms with Crippen molar-refractivity contribution >= 4 is 33.1 Å². The van der Waals surface area contributed by atoms with Crippen LogP contribution in [0.2, 0.25) is 0 Å². The number of carbonyl (C=O) groups is 1.